The van der Waals surface area contributed by atoms with E-state index in [0.29, 0.717) is 6.61 Å². The molecule has 3 nitrogen and oxygen atoms in total. The molecule has 0 spiro atoms. The highest BCUT2D eigenvalue weighted by molar-refractivity contribution is 5.39. The van der Waals surface area contributed by atoms with Crippen LogP contribution >= 0.6 is 0 Å². The number of aryl methyl sites for hydroxylation is 2. The molecule has 0 fully saturated rings. The summed E-state index contributed by atoms with van der Waals surface area (Å²) in [5.74, 6) is 1.02. The van der Waals surface area contributed by atoms with Crippen LogP contribution < -0.4 is 15.8 Å². The standard InChI is InChI=1S/C13H22N2O/c1-11-5-3-6-12(2)13(11)16-10-9-15-8-4-7-14/h3,5-6,15H,4,7-10,14H2,1-2H3. The summed E-state index contributed by atoms with van der Waals surface area (Å²) in [4.78, 5) is 0. The van der Waals surface area contributed by atoms with Crippen molar-refractivity contribution in [2.24, 2.45) is 5.73 Å². The monoisotopic (exact) mass is 222 g/mol. The second kappa shape index (κ2) is 7.25. The van der Waals surface area contributed by atoms with E-state index in [4.69, 9.17) is 10.5 Å². The zero-order chi connectivity index (χ0) is 11.8. The summed E-state index contributed by atoms with van der Waals surface area (Å²) in [6.07, 6.45) is 1.02. The van der Waals surface area contributed by atoms with Crippen LogP contribution in [-0.2, 0) is 0 Å². The van der Waals surface area contributed by atoms with Crippen molar-refractivity contribution in [1.82, 2.24) is 5.32 Å². The molecule has 0 aliphatic carbocycles. The first-order valence-electron chi connectivity index (χ1n) is 5.85. The van der Waals surface area contributed by atoms with Gasteiger partial charge in [-0.1, -0.05) is 18.2 Å². The molecule has 3 heteroatoms. The highest BCUT2D eigenvalue weighted by atomic mass is 16.5. The summed E-state index contributed by atoms with van der Waals surface area (Å²) in [6.45, 7) is 7.43. The van der Waals surface area contributed by atoms with Crippen molar-refractivity contribution in [3.05, 3.63) is 29.3 Å². The Labute approximate surface area is 98.0 Å². The highest BCUT2D eigenvalue weighted by Gasteiger charge is 2.01. The lowest BCUT2D eigenvalue weighted by atomic mass is 10.1. The van der Waals surface area contributed by atoms with Crippen LogP contribution in [-0.4, -0.2) is 26.2 Å². The molecule has 1 rings (SSSR count). The average molecular weight is 222 g/mol. The van der Waals surface area contributed by atoms with Crippen LogP contribution in [0.15, 0.2) is 18.2 Å². The zero-order valence-electron chi connectivity index (χ0n) is 10.3. The van der Waals surface area contributed by atoms with Crippen molar-refractivity contribution in [2.75, 3.05) is 26.2 Å². The fourth-order valence-corrected chi connectivity index (χ4v) is 1.60. The third kappa shape index (κ3) is 4.21. The van der Waals surface area contributed by atoms with Crippen LogP contribution in [0.1, 0.15) is 17.5 Å². The maximum Gasteiger partial charge on any atom is 0.125 e. The van der Waals surface area contributed by atoms with Crippen LogP contribution in [0.25, 0.3) is 0 Å². The molecule has 0 saturated carbocycles. The van der Waals surface area contributed by atoms with E-state index in [0.717, 1.165) is 31.8 Å². The molecule has 90 valence electrons. The average Bonchev–Trinajstić information content (AvgIpc) is 2.26. The molecule has 1 aromatic rings. The predicted octanol–water partition coefficient (Wildman–Crippen LogP) is 1.62. The third-order valence-corrected chi connectivity index (χ3v) is 2.49. The fourth-order valence-electron chi connectivity index (χ4n) is 1.60. The van der Waals surface area contributed by atoms with Crippen molar-refractivity contribution < 1.29 is 4.74 Å². The largest absolute Gasteiger partial charge is 0.492 e. The van der Waals surface area contributed by atoms with E-state index in [-0.39, 0.29) is 0 Å². The van der Waals surface area contributed by atoms with Gasteiger partial charge in [-0.3, -0.25) is 0 Å². The number of para-hydroxylation sites is 1. The van der Waals surface area contributed by atoms with Gasteiger partial charge in [-0.05, 0) is 44.5 Å². The van der Waals surface area contributed by atoms with Crippen LogP contribution in [0.4, 0.5) is 0 Å². The van der Waals surface area contributed by atoms with Gasteiger partial charge < -0.3 is 15.8 Å². The molecule has 0 aliphatic heterocycles. The minimum atomic E-state index is 0.705. The zero-order valence-corrected chi connectivity index (χ0v) is 10.3. The maximum absolute atomic E-state index is 5.75. The van der Waals surface area contributed by atoms with Gasteiger partial charge in [0.25, 0.3) is 0 Å². The molecule has 16 heavy (non-hydrogen) atoms. The topological polar surface area (TPSA) is 47.3 Å². The lowest BCUT2D eigenvalue weighted by Crippen LogP contribution is -2.23. The molecule has 1 aromatic carbocycles. The Morgan fingerprint density at radius 3 is 2.50 bits per heavy atom. The van der Waals surface area contributed by atoms with Gasteiger partial charge in [0.15, 0.2) is 0 Å². The van der Waals surface area contributed by atoms with Gasteiger partial charge in [-0.25, -0.2) is 0 Å². The van der Waals surface area contributed by atoms with Gasteiger partial charge in [0.05, 0.1) is 0 Å². The smallest absolute Gasteiger partial charge is 0.125 e. The SMILES string of the molecule is Cc1cccc(C)c1OCCNCCCN. The number of nitrogens with one attached hydrogen (secondary N) is 1. The van der Waals surface area contributed by atoms with Crippen molar-refractivity contribution in [2.45, 2.75) is 20.3 Å². The number of rotatable bonds is 7. The molecule has 0 bridgehead atoms. The molecule has 0 amide bonds. The predicted molar refractivity (Wildman–Crippen MR) is 68.0 cm³/mol. The second-order valence-corrected chi connectivity index (χ2v) is 3.96. The van der Waals surface area contributed by atoms with E-state index in [1.165, 1.54) is 11.1 Å². The number of hydrogen-bond acceptors (Lipinski definition) is 3. The summed E-state index contributed by atoms with van der Waals surface area (Å²) >= 11 is 0. The minimum absolute atomic E-state index is 0.705. The highest BCUT2D eigenvalue weighted by Crippen LogP contribution is 2.21. The summed E-state index contributed by atoms with van der Waals surface area (Å²) < 4.78 is 5.75. The molecule has 3 N–H and O–H groups in total. The van der Waals surface area contributed by atoms with Crippen molar-refractivity contribution in [3.8, 4) is 5.75 Å². The van der Waals surface area contributed by atoms with E-state index < -0.39 is 0 Å². The normalized spacial score (nSPS) is 10.4. The lowest BCUT2D eigenvalue weighted by Gasteiger charge is -2.12. The number of nitrogens with two attached hydrogens (primary N) is 1. The molecular formula is C13H22N2O. The van der Waals surface area contributed by atoms with Crippen LogP contribution in [0, 0.1) is 13.8 Å². The van der Waals surface area contributed by atoms with E-state index in [1.54, 1.807) is 0 Å². The van der Waals surface area contributed by atoms with Gasteiger partial charge >= 0.3 is 0 Å². The van der Waals surface area contributed by atoms with Crippen LogP contribution in [0.5, 0.6) is 5.75 Å². The van der Waals surface area contributed by atoms with E-state index in [1.807, 2.05) is 0 Å². The van der Waals surface area contributed by atoms with E-state index in [2.05, 4.69) is 37.4 Å². The van der Waals surface area contributed by atoms with Crippen molar-refractivity contribution in [1.29, 1.82) is 0 Å². The first-order valence-corrected chi connectivity index (χ1v) is 5.85. The Hall–Kier alpha value is -1.06. The van der Waals surface area contributed by atoms with Gasteiger partial charge in [0, 0.05) is 6.54 Å². The Morgan fingerprint density at radius 1 is 1.19 bits per heavy atom. The summed E-state index contributed by atoms with van der Waals surface area (Å²) in [6, 6.07) is 6.20. The summed E-state index contributed by atoms with van der Waals surface area (Å²) in [7, 11) is 0. The molecule has 0 saturated heterocycles. The van der Waals surface area contributed by atoms with Gasteiger partial charge in [-0.15, -0.1) is 0 Å². The number of benzene rings is 1. The van der Waals surface area contributed by atoms with Crippen molar-refractivity contribution in [3.63, 3.8) is 0 Å². The van der Waals surface area contributed by atoms with Gasteiger partial charge in [0.1, 0.15) is 12.4 Å². The van der Waals surface area contributed by atoms with Gasteiger partial charge in [-0.2, -0.15) is 0 Å². The third-order valence-electron chi connectivity index (χ3n) is 2.49. The lowest BCUT2D eigenvalue weighted by molar-refractivity contribution is 0.310. The summed E-state index contributed by atoms with van der Waals surface area (Å²) in [5.41, 5.74) is 7.80. The van der Waals surface area contributed by atoms with Crippen LogP contribution in [0.2, 0.25) is 0 Å². The summed E-state index contributed by atoms with van der Waals surface area (Å²) in [5, 5.41) is 3.29. The maximum atomic E-state index is 5.75. The Balaban J connectivity index is 2.26. The molecule has 0 unspecified atom stereocenters. The quantitative estimate of drug-likeness (QED) is 0.689. The van der Waals surface area contributed by atoms with Crippen molar-refractivity contribution >= 4 is 0 Å². The second-order valence-electron chi connectivity index (χ2n) is 3.96. The molecule has 0 aromatic heterocycles. The number of hydrogen-bond donors (Lipinski definition) is 2. The van der Waals surface area contributed by atoms with Crippen LogP contribution in [0.3, 0.4) is 0 Å². The fraction of sp³-hybridized carbons (Fsp3) is 0.538. The first kappa shape index (κ1) is 13.0. The number of ether oxygens (including phenoxy) is 1. The molecule has 0 aliphatic rings. The minimum Gasteiger partial charge on any atom is -0.492 e. The van der Waals surface area contributed by atoms with E-state index in [9.17, 15) is 0 Å². The van der Waals surface area contributed by atoms with Gasteiger partial charge in [0.2, 0.25) is 0 Å². The first-order chi connectivity index (χ1) is 7.75. The molecular weight excluding hydrogens is 200 g/mol. The Morgan fingerprint density at radius 2 is 1.88 bits per heavy atom. The molecule has 0 atom stereocenters. The van der Waals surface area contributed by atoms with E-state index >= 15 is 0 Å². The Kier molecular flexibility index (Phi) is 5.90. The Bertz CT molecular complexity index is 293. The molecule has 0 heterocycles. The molecule has 0 radical (unpaired) electrons.